The van der Waals surface area contributed by atoms with Crippen LogP contribution in [0, 0.1) is 6.92 Å². The van der Waals surface area contributed by atoms with Crippen molar-refractivity contribution < 1.29 is 0 Å². The molecule has 0 aliphatic rings. The number of benzene rings is 2. The van der Waals surface area contributed by atoms with Gasteiger partial charge in [-0.1, -0.05) is 56.7 Å². The fourth-order valence-electron chi connectivity index (χ4n) is 3.58. The molecule has 2 aromatic carbocycles. The maximum Gasteiger partial charge on any atom is 0.0686 e. The van der Waals surface area contributed by atoms with Crippen molar-refractivity contribution >= 4 is 0 Å². The summed E-state index contributed by atoms with van der Waals surface area (Å²) < 4.78 is 2.03. The van der Waals surface area contributed by atoms with E-state index in [1.807, 2.05) is 11.6 Å². The number of aromatic nitrogens is 2. The maximum atomic E-state index is 5.73. The van der Waals surface area contributed by atoms with E-state index in [4.69, 9.17) is 5.73 Å². The molecule has 136 valence electrons. The standard InChI is InChI=1S/C23H29N3/c1-4-6-19(5-2)22-12-11-21(20-9-7-18(16-24)8-10-20)15-23(22)26-14-13-17(3)25-26/h7-15,19H,4-6,16,24H2,1-3H3. The Morgan fingerprint density at radius 1 is 1.00 bits per heavy atom. The minimum absolute atomic E-state index is 0.563. The molecule has 1 unspecified atom stereocenters. The molecule has 1 heterocycles. The average Bonchev–Trinajstić information content (AvgIpc) is 3.12. The first kappa shape index (κ1) is 18.4. The van der Waals surface area contributed by atoms with Crippen LogP contribution in [0.1, 0.15) is 55.8 Å². The van der Waals surface area contributed by atoms with E-state index in [-0.39, 0.29) is 0 Å². The molecule has 0 saturated carbocycles. The maximum absolute atomic E-state index is 5.73. The van der Waals surface area contributed by atoms with E-state index >= 15 is 0 Å². The fraction of sp³-hybridized carbons (Fsp3) is 0.348. The molecule has 3 heteroatoms. The highest BCUT2D eigenvalue weighted by molar-refractivity contribution is 5.68. The monoisotopic (exact) mass is 347 g/mol. The Bertz CT molecular complexity index is 846. The number of nitrogens with zero attached hydrogens (tertiary/aromatic N) is 2. The average molecular weight is 348 g/mol. The van der Waals surface area contributed by atoms with Gasteiger partial charge in [0.2, 0.25) is 0 Å². The highest BCUT2D eigenvalue weighted by Gasteiger charge is 2.16. The molecule has 0 fully saturated rings. The van der Waals surface area contributed by atoms with Gasteiger partial charge in [0.05, 0.1) is 11.4 Å². The molecule has 3 nitrogen and oxygen atoms in total. The van der Waals surface area contributed by atoms with Crippen LogP contribution in [0.4, 0.5) is 0 Å². The Morgan fingerprint density at radius 2 is 1.73 bits per heavy atom. The van der Waals surface area contributed by atoms with E-state index in [1.165, 1.54) is 35.2 Å². The first-order valence-electron chi connectivity index (χ1n) is 9.62. The molecule has 0 aliphatic heterocycles. The summed E-state index contributed by atoms with van der Waals surface area (Å²) in [6, 6.07) is 17.4. The molecule has 0 radical (unpaired) electrons. The highest BCUT2D eigenvalue weighted by atomic mass is 15.3. The van der Waals surface area contributed by atoms with Gasteiger partial charge in [0, 0.05) is 12.7 Å². The predicted molar refractivity (Wildman–Crippen MR) is 110 cm³/mol. The Morgan fingerprint density at radius 3 is 2.31 bits per heavy atom. The van der Waals surface area contributed by atoms with Crippen molar-refractivity contribution in [1.29, 1.82) is 0 Å². The predicted octanol–water partition coefficient (Wildman–Crippen LogP) is 5.60. The lowest BCUT2D eigenvalue weighted by Crippen LogP contribution is -2.06. The van der Waals surface area contributed by atoms with E-state index in [9.17, 15) is 0 Å². The molecule has 0 saturated heterocycles. The van der Waals surface area contributed by atoms with Crippen LogP contribution < -0.4 is 5.73 Å². The van der Waals surface area contributed by atoms with Crippen LogP contribution in [-0.4, -0.2) is 9.78 Å². The molecule has 0 spiro atoms. The Labute approximate surface area is 156 Å². The zero-order chi connectivity index (χ0) is 18.5. The zero-order valence-corrected chi connectivity index (χ0v) is 16.1. The molecule has 0 bridgehead atoms. The van der Waals surface area contributed by atoms with Crippen molar-refractivity contribution in [1.82, 2.24) is 9.78 Å². The van der Waals surface area contributed by atoms with Crippen LogP contribution in [0.25, 0.3) is 16.8 Å². The largest absolute Gasteiger partial charge is 0.326 e. The van der Waals surface area contributed by atoms with Gasteiger partial charge in [-0.3, -0.25) is 0 Å². The van der Waals surface area contributed by atoms with Crippen molar-refractivity contribution in [2.24, 2.45) is 5.73 Å². The lowest BCUT2D eigenvalue weighted by molar-refractivity contribution is 0.591. The SMILES string of the molecule is CCCC(CC)c1ccc(-c2ccc(CN)cc2)cc1-n1ccc(C)n1. The third-order valence-electron chi connectivity index (χ3n) is 5.09. The number of rotatable bonds is 7. The lowest BCUT2D eigenvalue weighted by atomic mass is 9.89. The van der Waals surface area contributed by atoms with Gasteiger partial charge in [-0.15, -0.1) is 0 Å². The topological polar surface area (TPSA) is 43.8 Å². The van der Waals surface area contributed by atoms with Crippen LogP contribution in [0.3, 0.4) is 0 Å². The summed E-state index contributed by atoms with van der Waals surface area (Å²) in [4.78, 5) is 0. The van der Waals surface area contributed by atoms with Crippen LogP contribution in [0.15, 0.2) is 54.7 Å². The second kappa shape index (κ2) is 8.33. The van der Waals surface area contributed by atoms with Crippen LogP contribution in [-0.2, 0) is 6.54 Å². The van der Waals surface area contributed by atoms with Crippen molar-refractivity contribution in [3.63, 3.8) is 0 Å². The van der Waals surface area contributed by atoms with E-state index in [0.717, 1.165) is 17.7 Å². The summed E-state index contributed by atoms with van der Waals surface area (Å²) in [5.41, 5.74) is 12.9. The van der Waals surface area contributed by atoms with Gasteiger partial charge in [-0.05, 0) is 60.1 Å². The molecule has 3 rings (SSSR count). The van der Waals surface area contributed by atoms with E-state index in [1.54, 1.807) is 0 Å². The van der Waals surface area contributed by atoms with Crippen LogP contribution >= 0.6 is 0 Å². The molecular formula is C23H29N3. The van der Waals surface area contributed by atoms with Gasteiger partial charge in [0.15, 0.2) is 0 Å². The minimum Gasteiger partial charge on any atom is -0.326 e. The Balaban J connectivity index is 2.08. The van der Waals surface area contributed by atoms with Gasteiger partial charge >= 0.3 is 0 Å². The van der Waals surface area contributed by atoms with Gasteiger partial charge in [-0.2, -0.15) is 5.10 Å². The third-order valence-corrected chi connectivity index (χ3v) is 5.09. The Hall–Kier alpha value is -2.39. The zero-order valence-electron chi connectivity index (χ0n) is 16.1. The van der Waals surface area contributed by atoms with Crippen molar-refractivity contribution in [3.8, 4) is 16.8 Å². The summed E-state index contributed by atoms with van der Waals surface area (Å²) in [6.07, 6.45) is 5.60. The van der Waals surface area contributed by atoms with E-state index in [2.05, 4.69) is 73.7 Å². The molecule has 1 aromatic heterocycles. The number of nitrogens with two attached hydrogens (primary N) is 1. The molecule has 0 aliphatic carbocycles. The van der Waals surface area contributed by atoms with Crippen molar-refractivity contribution in [3.05, 3.63) is 71.5 Å². The third kappa shape index (κ3) is 3.88. The van der Waals surface area contributed by atoms with Crippen LogP contribution in [0.5, 0.6) is 0 Å². The smallest absolute Gasteiger partial charge is 0.0686 e. The molecular weight excluding hydrogens is 318 g/mol. The fourth-order valence-corrected chi connectivity index (χ4v) is 3.58. The van der Waals surface area contributed by atoms with E-state index < -0.39 is 0 Å². The molecule has 1 atom stereocenters. The summed E-state index contributed by atoms with van der Waals surface area (Å²) >= 11 is 0. The molecule has 26 heavy (non-hydrogen) atoms. The lowest BCUT2D eigenvalue weighted by Gasteiger charge is -2.20. The highest BCUT2D eigenvalue weighted by Crippen LogP contribution is 2.33. The minimum atomic E-state index is 0.563. The first-order chi connectivity index (χ1) is 12.7. The number of aryl methyl sites for hydroxylation is 1. The first-order valence-corrected chi connectivity index (χ1v) is 9.62. The van der Waals surface area contributed by atoms with Gasteiger partial charge in [-0.25, -0.2) is 4.68 Å². The van der Waals surface area contributed by atoms with Crippen LogP contribution in [0.2, 0.25) is 0 Å². The summed E-state index contributed by atoms with van der Waals surface area (Å²) in [6.45, 7) is 7.15. The normalized spacial score (nSPS) is 12.3. The Kier molecular flexibility index (Phi) is 5.89. The number of hydrogen-bond donors (Lipinski definition) is 1. The molecule has 2 N–H and O–H groups in total. The quantitative estimate of drug-likeness (QED) is 0.604. The van der Waals surface area contributed by atoms with Gasteiger partial charge < -0.3 is 5.73 Å². The number of hydrogen-bond acceptors (Lipinski definition) is 2. The second-order valence-electron chi connectivity index (χ2n) is 6.97. The van der Waals surface area contributed by atoms with Gasteiger partial charge in [0.25, 0.3) is 0 Å². The van der Waals surface area contributed by atoms with Crippen molar-refractivity contribution in [2.45, 2.75) is 52.5 Å². The van der Waals surface area contributed by atoms with Gasteiger partial charge in [0.1, 0.15) is 0 Å². The summed E-state index contributed by atoms with van der Waals surface area (Å²) in [5.74, 6) is 0.563. The molecule has 0 amide bonds. The van der Waals surface area contributed by atoms with Crippen molar-refractivity contribution in [2.75, 3.05) is 0 Å². The summed E-state index contributed by atoms with van der Waals surface area (Å²) in [5, 5.41) is 4.68. The van der Waals surface area contributed by atoms with E-state index in [0.29, 0.717) is 12.5 Å². The second-order valence-corrected chi connectivity index (χ2v) is 6.97. The summed E-state index contributed by atoms with van der Waals surface area (Å²) in [7, 11) is 0. The molecule has 3 aromatic rings.